The Hall–Kier alpha value is -0.880. The highest BCUT2D eigenvalue weighted by atomic mass is 35.5. The molecule has 0 amide bonds. The Morgan fingerprint density at radius 2 is 1.77 bits per heavy atom. The molecule has 0 saturated heterocycles. The third-order valence-corrected chi connectivity index (χ3v) is 6.24. The van der Waals surface area contributed by atoms with Gasteiger partial charge in [-0.3, -0.25) is 4.79 Å². The fraction of sp³-hybridized carbons (Fsp3) is 0.286. The number of Topliss-reactive ketones (excluding diaryl/α,β-unsaturated/α-hetero) is 1. The van der Waals surface area contributed by atoms with E-state index in [9.17, 15) is 13.2 Å². The number of carbonyl (C=O) groups excluding carboxylic acids is 1. The molecule has 22 heavy (non-hydrogen) atoms. The van der Waals surface area contributed by atoms with Gasteiger partial charge in [-0.1, -0.05) is 29.8 Å². The fourth-order valence-electron chi connectivity index (χ4n) is 2.00. The van der Waals surface area contributed by atoms with Gasteiger partial charge in [-0.2, -0.15) is 12.8 Å². The molecule has 2 rings (SSSR count). The van der Waals surface area contributed by atoms with Crippen LogP contribution in [0.25, 0.3) is 0 Å². The van der Waals surface area contributed by atoms with Crippen LogP contribution in [0, 0.1) is 0 Å². The second-order valence-electron chi connectivity index (χ2n) is 4.97. The zero-order chi connectivity index (χ0) is 16.7. The Balaban J connectivity index is 2.63. The van der Waals surface area contributed by atoms with Crippen molar-refractivity contribution in [2.24, 2.45) is 4.40 Å². The van der Waals surface area contributed by atoms with Crippen LogP contribution in [0.3, 0.4) is 0 Å². The van der Waals surface area contributed by atoms with Gasteiger partial charge >= 0.3 is 0 Å². The minimum absolute atomic E-state index is 0.00154. The van der Waals surface area contributed by atoms with Gasteiger partial charge < -0.3 is 0 Å². The molecule has 0 bridgehead atoms. The normalized spacial score (nSPS) is 28.3. The average molecular weight is 381 g/mol. The predicted octanol–water partition coefficient (Wildman–Crippen LogP) is 3.52. The number of hydrogen-bond acceptors (Lipinski definition) is 3. The molecular weight excluding hydrogens is 369 g/mol. The molecule has 1 aromatic rings. The van der Waals surface area contributed by atoms with Gasteiger partial charge in [0.05, 0.1) is 15.6 Å². The van der Waals surface area contributed by atoms with E-state index in [1.165, 1.54) is 26.0 Å². The summed E-state index contributed by atoms with van der Waals surface area (Å²) in [6.45, 7) is 2.87. The maximum atomic E-state index is 12.3. The third-order valence-electron chi connectivity index (χ3n) is 3.31. The molecule has 0 aliphatic heterocycles. The van der Waals surface area contributed by atoms with Gasteiger partial charge in [0, 0.05) is 5.57 Å². The molecule has 0 saturated carbocycles. The Morgan fingerprint density at radius 1 is 1.23 bits per heavy atom. The van der Waals surface area contributed by atoms with Crippen LogP contribution in [-0.2, 0) is 14.8 Å². The maximum absolute atomic E-state index is 12.3. The van der Waals surface area contributed by atoms with Crippen LogP contribution in [0.15, 0.2) is 50.2 Å². The summed E-state index contributed by atoms with van der Waals surface area (Å²) in [5.74, 6) is -0.449. The number of carbonyl (C=O) groups is 1. The molecule has 0 heterocycles. The minimum atomic E-state index is -4.00. The van der Waals surface area contributed by atoms with E-state index >= 15 is 0 Å². The fourth-order valence-corrected chi connectivity index (χ4v) is 3.97. The largest absolute Gasteiger partial charge is 0.292 e. The van der Waals surface area contributed by atoms with Gasteiger partial charge in [0.25, 0.3) is 10.0 Å². The van der Waals surface area contributed by atoms with Crippen molar-refractivity contribution in [1.29, 1.82) is 0 Å². The van der Waals surface area contributed by atoms with Crippen LogP contribution in [-0.4, -0.2) is 30.2 Å². The summed E-state index contributed by atoms with van der Waals surface area (Å²) in [6.07, 6.45) is 0. The number of ketones is 1. The molecule has 118 valence electrons. The Bertz CT molecular complexity index is 783. The maximum Gasteiger partial charge on any atom is 0.282 e. The highest BCUT2D eigenvalue weighted by Crippen LogP contribution is 2.38. The lowest BCUT2D eigenvalue weighted by Crippen LogP contribution is -2.48. The molecule has 8 heteroatoms. The first-order valence-corrected chi connectivity index (χ1v) is 8.86. The molecule has 0 N–H and O–H groups in total. The first-order chi connectivity index (χ1) is 10.1. The topological polar surface area (TPSA) is 63.6 Å². The lowest BCUT2D eigenvalue weighted by molar-refractivity contribution is -0.117. The molecule has 0 radical (unpaired) electrons. The van der Waals surface area contributed by atoms with E-state index in [2.05, 4.69) is 4.40 Å². The summed E-state index contributed by atoms with van der Waals surface area (Å²) in [4.78, 5) is 10.6. The summed E-state index contributed by atoms with van der Waals surface area (Å²) in [7, 11) is -4.00. The SMILES string of the molecule is CC1=C(Cl)C(=NS(=O)(=O)c2ccccc2)C(Cl)C(C)(Cl)C1=O. The second kappa shape index (κ2) is 5.96. The van der Waals surface area contributed by atoms with E-state index in [0.29, 0.717) is 0 Å². The molecule has 1 aliphatic rings. The van der Waals surface area contributed by atoms with Crippen molar-refractivity contribution in [3.8, 4) is 0 Å². The van der Waals surface area contributed by atoms with Crippen molar-refractivity contribution in [3.63, 3.8) is 0 Å². The highest BCUT2D eigenvalue weighted by molar-refractivity contribution is 7.90. The first-order valence-electron chi connectivity index (χ1n) is 6.23. The van der Waals surface area contributed by atoms with Crippen LogP contribution < -0.4 is 0 Å². The number of allylic oxidation sites excluding steroid dienone is 2. The van der Waals surface area contributed by atoms with Crippen molar-refractivity contribution in [1.82, 2.24) is 0 Å². The summed E-state index contributed by atoms with van der Waals surface area (Å²) >= 11 is 18.4. The monoisotopic (exact) mass is 379 g/mol. The number of alkyl halides is 2. The summed E-state index contributed by atoms with van der Waals surface area (Å²) in [5, 5.41) is -1.24. The summed E-state index contributed by atoms with van der Waals surface area (Å²) in [5.41, 5.74) is 0.0138. The van der Waals surface area contributed by atoms with E-state index in [0.717, 1.165) is 0 Å². The number of nitrogens with zero attached hydrogens (tertiary/aromatic N) is 1. The van der Waals surface area contributed by atoms with E-state index in [1.54, 1.807) is 18.2 Å². The number of halogens is 3. The molecular formula is C14H12Cl3NO3S. The van der Waals surface area contributed by atoms with Gasteiger partial charge in [-0.05, 0) is 26.0 Å². The number of sulfonamides is 1. The van der Waals surface area contributed by atoms with E-state index in [1.807, 2.05) is 0 Å². The number of benzene rings is 1. The van der Waals surface area contributed by atoms with Crippen molar-refractivity contribution < 1.29 is 13.2 Å². The molecule has 0 spiro atoms. The number of hydrogen-bond donors (Lipinski definition) is 0. The standard InChI is InChI=1S/C14H12Cl3NO3S/c1-8-10(15)11(12(16)14(2,17)13(8)19)18-22(20,21)9-6-4-3-5-7-9/h3-7,12H,1-2H3. The highest BCUT2D eigenvalue weighted by Gasteiger charge is 2.48. The Labute approximate surface area is 143 Å². The molecule has 2 atom stereocenters. The summed E-state index contributed by atoms with van der Waals surface area (Å²) in [6, 6.07) is 7.64. The van der Waals surface area contributed by atoms with Crippen LogP contribution in [0.5, 0.6) is 0 Å². The van der Waals surface area contributed by atoms with E-state index in [-0.39, 0.29) is 21.2 Å². The van der Waals surface area contributed by atoms with E-state index < -0.39 is 26.1 Å². The number of rotatable bonds is 2. The quantitative estimate of drug-likeness (QED) is 0.737. The molecule has 0 aromatic heterocycles. The predicted molar refractivity (Wildman–Crippen MR) is 88.5 cm³/mol. The molecule has 1 aliphatic carbocycles. The molecule has 4 nitrogen and oxygen atoms in total. The van der Waals surface area contributed by atoms with Crippen molar-refractivity contribution in [2.45, 2.75) is 29.0 Å². The first kappa shape index (κ1) is 17.5. The van der Waals surface area contributed by atoms with Crippen molar-refractivity contribution >= 4 is 56.3 Å². The summed E-state index contributed by atoms with van der Waals surface area (Å²) < 4.78 is 28.4. The van der Waals surface area contributed by atoms with Crippen molar-refractivity contribution in [2.75, 3.05) is 0 Å². The van der Waals surface area contributed by atoms with Gasteiger partial charge in [0.15, 0.2) is 5.78 Å². The smallest absolute Gasteiger partial charge is 0.282 e. The second-order valence-corrected chi connectivity index (χ2v) is 8.17. The van der Waals surface area contributed by atoms with Gasteiger partial charge in [0.2, 0.25) is 0 Å². The third kappa shape index (κ3) is 2.95. The molecule has 0 fully saturated rings. The van der Waals surface area contributed by atoms with Crippen LogP contribution in [0.2, 0.25) is 0 Å². The van der Waals surface area contributed by atoms with Crippen LogP contribution in [0.4, 0.5) is 0 Å². The minimum Gasteiger partial charge on any atom is -0.292 e. The van der Waals surface area contributed by atoms with Crippen LogP contribution >= 0.6 is 34.8 Å². The van der Waals surface area contributed by atoms with Gasteiger partial charge in [-0.15, -0.1) is 23.2 Å². The zero-order valence-corrected chi connectivity index (χ0v) is 14.8. The van der Waals surface area contributed by atoms with Gasteiger partial charge in [0.1, 0.15) is 10.3 Å². The van der Waals surface area contributed by atoms with Crippen LogP contribution in [0.1, 0.15) is 13.8 Å². The van der Waals surface area contributed by atoms with Gasteiger partial charge in [-0.25, -0.2) is 0 Å². The molecule has 1 aromatic carbocycles. The lowest BCUT2D eigenvalue weighted by atomic mass is 9.87. The average Bonchev–Trinajstić information content (AvgIpc) is 2.49. The Morgan fingerprint density at radius 3 is 2.32 bits per heavy atom. The Kier molecular flexibility index (Phi) is 4.74. The molecule has 2 unspecified atom stereocenters. The van der Waals surface area contributed by atoms with E-state index in [4.69, 9.17) is 34.8 Å². The zero-order valence-electron chi connectivity index (χ0n) is 11.7. The lowest BCUT2D eigenvalue weighted by Gasteiger charge is -2.32. The van der Waals surface area contributed by atoms with Crippen molar-refractivity contribution in [3.05, 3.63) is 40.9 Å².